The lowest BCUT2D eigenvalue weighted by atomic mass is 10.1. The third kappa shape index (κ3) is 6.06. The van der Waals surface area contributed by atoms with Gasteiger partial charge >= 0.3 is 0 Å². The van der Waals surface area contributed by atoms with Crippen LogP contribution in [-0.4, -0.2) is 35.7 Å². The lowest BCUT2D eigenvalue weighted by Gasteiger charge is -2.20. The van der Waals surface area contributed by atoms with Crippen LogP contribution in [0.2, 0.25) is 15.1 Å². The van der Waals surface area contributed by atoms with Crippen LogP contribution >= 0.6 is 34.8 Å². The van der Waals surface area contributed by atoms with Crippen LogP contribution in [0.1, 0.15) is 29.8 Å². The number of carbonyl (C=O) groups is 2. The zero-order valence-electron chi connectivity index (χ0n) is 20.8. The molecule has 200 valence electrons. The maximum atomic E-state index is 13.6. The molecule has 0 aromatic heterocycles. The van der Waals surface area contributed by atoms with Gasteiger partial charge < -0.3 is 10.2 Å². The smallest absolute Gasteiger partial charge is 0.282 e. The molecule has 0 atom stereocenters. The average Bonchev–Trinajstić information content (AvgIpc) is 3.19. The molecule has 12 heteroatoms. The molecular weight excluding hydrogens is 565 g/mol. The summed E-state index contributed by atoms with van der Waals surface area (Å²) in [6.45, 7) is 5.80. The van der Waals surface area contributed by atoms with E-state index in [4.69, 9.17) is 34.8 Å². The Bertz CT molecular complexity index is 1500. The number of hydrogen-bond donors (Lipinski definition) is 1. The number of hydrogen-bond acceptors (Lipinski definition) is 6. The Morgan fingerprint density at radius 3 is 2.28 bits per heavy atom. The minimum atomic E-state index is -0.691. The number of rotatable bonds is 7. The fourth-order valence-electron chi connectivity index (χ4n) is 4.00. The van der Waals surface area contributed by atoms with Gasteiger partial charge in [0.2, 0.25) is 0 Å². The lowest BCUT2D eigenvalue weighted by molar-refractivity contribution is -0.384. The molecule has 1 heterocycles. The van der Waals surface area contributed by atoms with E-state index in [0.717, 1.165) is 29.9 Å². The fraction of sp³-hybridized carbons (Fsp3) is 0.148. The minimum Gasteiger partial charge on any atom is -0.372 e. The van der Waals surface area contributed by atoms with Gasteiger partial charge in [-0.05, 0) is 55.8 Å². The highest BCUT2D eigenvalue weighted by molar-refractivity contribution is 6.44. The molecule has 0 radical (unpaired) electrons. The van der Waals surface area contributed by atoms with Crippen molar-refractivity contribution >= 4 is 75.6 Å². The Balaban J connectivity index is 1.75. The van der Waals surface area contributed by atoms with Crippen molar-refractivity contribution in [2.75, 3.05) is 23.0 Å². The molecule has 0 saturated carbocycles. The highest BCUT2D eigenvalue weighted by Gasteiger charge is 2.35. The number of non-ortho nitro benzene ring substituents is 1. The molecule has 39 heavy (non-hydrogen) atoms. The minimum absolute atomic E-state index is 0.0169. The van der Waals surface area contributed by atoms with Gasteiger partial charge in [-0.3, -0.25) is 19.7 Å². The zero-order valence-corrected chi connectivity index (χ0v) is 23.1. The van der Waals surface area contributed by atoms with Crippen molar-refractivity contribution in [2.45, 2.75) is 13.8 Å². The topological polar surface area (TPSA) is 108 Å². The van der Waals surface area contributed by atoms with Gasteiger partial charge in [0.1, 0.15) is 5.69 Å². The molecule has 0 bridgehead atoms. The second kappa shape index (κ2) is 11.9. The largest absolute Gasteiger partial charge is 0.372 e. The van der Waals surface area contributed by atoms with Crippen LogP contribution in [0, 0.1) is 10.1 Å². The summed E-state index contributed by atoms with van der Waals surface area (Å²) in [4.78, 5) is 39.4. The maximum absolute atomic E-state index is 13.6. The normalized spacial score (nSPS) is 14.0. The van der Waals surface area contributed by atoms with Gasteiger partial charge in [-0.1, -0.05) is 53.0 Å². The van der Waals surface area contributed by atoms with Crippen LogP contribution < -0.4 is 15.2 Å². The standard InChI is InChI=1S/C27H22Cl3N5O4/c1-3-33(4-2)19-10-8-16(9-11-19)12-21-25(31-26(36)17-6-5-7-20(13-17)35(38)39)32-34(27(21)37)24-22(29)14-18(28)15-23(24)30/h5-15H,3-4H2,1-2H3,(H,31,32,36)/b21-12-. The molecular formula is C27H22Cl3N5O4. The van der Waals surface area contributed by atoms with E-state index in [-0.39, 0.29) is 43.4 Å². The Morgan fingerprint density at radius 2 is 1.69 bits per heavy atom. The number of hydrazone groups is 1. The van der Waals surface area contributed by atoms with E-state index >= 15 is 0 Å². The first-order chi connectivity index (χ1) is 18.6. The maximum Gasteiger partial charge on any atom is 0.282 e. The predicted molar refractivity (Wildman–Crippen MR) is 155 cm³/mol. The van der Waals surface area contributed by atoms with E-state index in [0.29, 0.717) is 5.56 Å². The third-order valence-electron chi connectivity index (χ3n) is 5.96. The Hall–Kier alpha value is -3.92. The molecule has 1 aliphatic rings. The fourth-order valence-corrected chi connectivity index (χ4v) is 4.98. The first-order valence-corrected chi connectivity index (χ1v) is 13.0. The first kappa shape index (κ1) is 28.1. The number of nitrogens with one attached hydrogen (secondary N) is 1. The van der Waals surface area contributed by atoms with Crippen molar-refractivity contribution in [3.63, 3.8) is 0 Å². The number of nitrogens with zero attached hydrogens (tertiary/aromatic N) is 4. The molecule has 2 amide bonds. The zero-order chi connectivity index (χ0) is 28.3. The highest BCUT2D eigenvalue weighted by Crippen LogP contribution is 2.39. The first-order valence-electron chi connectivity index (χ1n) is 11.8. The van der Waals surface area contributed by atoms with Crippen molar-refractivity contribution in [3.05, 3.63) is 103 Å². The number of benzene rings is 3. The van der Waals surface area contributed by atoms with Gasteiger partial charge in [-0.25, -0.2) is 0 Å². The summed E-state index contributed by atoms with van der Waals surface area (Å²) < 4.78 is 0. The molecule has 0 saturated heterocycles. The number of amidine groups is 1. The van der Waals surface area contributed by atoms with Gasteiger partial charge in [0, 0.05) is 41.5 Å². The van der Waals surface area contributed by atoms with Crippen LogP contribution in [0.4, 0.5) is 17.1 Å². The van der Waals surface area contributed by atoms with E-state index in [2.05, 4.69) is 29.2 Å². The van der Waals surface area contributed by atoms with Crippen molar-refractivity contribution < 1.29 is 14.5 Å². The molecule has 1 aliphatic heterocycles. The molecule has 1 N–H and O–H groups in total. The summed E-state index contributed by atoms with van der Waals surface area (Å²) >= 11 is 18.7. The summed E-state index contributed by atoms with van der Waals surface area (Å²) in [6.07, 6.45) is 1.58. The number of nitro groups is 1. The van der Waals surface area contributed by atoms with Crippen LogP contribution in [0.3, 0.4) is 0 Å². The van der Waals surface area contributed by atoms with Crippen molar-refractivity contribution in [3.8, 4) is 0 Å². The quantitative estimate of drug-likeness (QED) is 0.191. The van der Waals surface area contributed by atoms with Gasteiger partial charge in [0.15, 0.2) is 5.84 Å². The summed E-state index contributed by atoms with van der Waals surface area (Å²) in [5.41, 5.74) is 1.62. The molecule has 0 fully saturated rings. The third-order valence-corrected chi connectivity index (χ3v) is 6.75. The SMILES string of the molecule is CCN(CC)c1ccc(/C=C2\C(=O)N(c3c(Cl)cc(Cl)cc3Cl)N=C2NC(=O)c2cccc([N+](=O)[O-])c2)cc1. The van der Waals surface area contributed by atoms with Crippen molar-refractivity contribution in [1.82, 2.24) is 5.32 Å². The Morgan fingerprint density at radius 1 is 1.05 bits per heavy atom. The number of amides is 2. The van der Waals surface area contributed by atoms with Gasteiger partial charge in [-0.15, -0.1) is 5.10 Å². The lowest BCUT2D eigenvalue weighted by Crippen LogP contribution is -2.31. The second-order valence-electron chi connectivity index (χ2n) is 8.37. The number of carbonyl (C=O) groups excluding carboxylic acids is 2. The molecule has 9 nitrogen and oxygen atoms in total. The van der Waals surface area contributed by atoms with Crippen LogP contribution in [-0.2, 0) is 4.79 Å². The van der Waals surface area contributed by atoms with Crippen molar-refractivity contribution in [1.29, 1.82) is 0 Å². The van der Waals surface area contributed by atoms with Crippen LogP contribution in [0.15, 0.2) is 71.3 Å². The summed E-state index contributed by atoms with van der Waals surface area (Å²) in [5, 5.41) is 19.5. The summed E-state index contributed by atoms with van der Waals surface area (Å²) in [5.74, 6) is -1.36. The van der Waals surface area contributed by atoms with E-state index in [1.54, 1.807) is 6.08 Å². The molecule has 3 aromatic carbocycles. The van der Waals surface area contributed by atoms with Crippen molar-refractivity contribution in [2.24, 2.45) is 5.10 Å². The predicted octanol–water partition coefficient (Wildman–Crippen LogP) is 6.57. The molecule has 0 unspecified atom stereocenters. The summed E-state index contributed by atoms with van der Waals surface area (Å²) in [6, 6.07) is 15.6. The number of nitro benzene ring substituents is 1. The molecule has 3 aromatic rings. The van der Waals surface area contributed by atoms with Gasteiger partial charge in [0.05, 0.1) is 20.5 Å². The van der Waals surface area contributed by atoms with Gasteiger partial charge in [0.25, 0.3) is 17.5 Å². The number of anilines is 2. The Kier molecular flexibility index (Phi) is 8.54. The number of halogens is 3. The molecule has 0 spiro atoms. The highest BCUT2D eigenvalue weighted by atomic mass is 35.5. The van der Waals surface area contributed by atoms with Crippen LogP contribution in [0.25, 0.3) is 6.08 Å². The van der Waals surface area contributed by atoms with E-state index in [1.807, 2.05) is 24.3 Å². The van der Waals surface area contributed by atoms with E-state index in [1.165, 1.54) is 30.3 Å². The molecule has 0 aliphatic carbocycles. The average molecular weight is 587 g/mol. The van der Waals surface area contributed by atoms with Crippen LogP contribution in [0.5, 0.6) is 0 Å². The second-order valence-corrected chi connectivity index (χ2v) is 9.62. The van der Waals surface area contributed by atoms with E-state index in [9.17, 15) is 19.7 Å². The van der Waals surface area contributed by atoms with E-state index < -0.39 is 16.7 Å². The molecule has 4 rings (SSSR count). The summed E-state index contributed by atoms with van der Waals surface area (Å²) in [7, 11) is 0. The monoisotopic (exact) mass is 585 g/mol. The van der Waals surface area contributed by atoms with Gasteiger partial charge in [-0.2, -0.15) is 5.01 Å². The Labute approximate surface area is 239 Å².